The van der Waals surface area contributed by atoms with Crippen molar-refractivity contribution in [1.29, 1.82) is 0 Å². The van der Waals surface area contributed by atoms with E-state index in [9.17, 15) is 0 Å². The second kappa shape index (κ2) is 6.14. The van der Waals surface area contributed by atoms with Crippen molar-refractivity contribution < 1.29 is 4.74 Å². The number of hydrogen-bond donors (Lipinski definition) is 1. The molecule has 0 spiro atoms. The number of rotatable bonds is 2. The lowest BCUT2D eigenvalue weighted by Crippen LogP contribution is -2.10. The summed E-state index contributed by atoms with van der Waals surface area (Å²) in [4.78, 5) is 4.25. The number of anilines is 1. The number of fused-ring (bicyclic) bond motifs is 1. The maximum Gasteiger partial charge on any atom is 0.125 e. The molecule has 1 unspecified atom stereocenters. The van der Waals surface area contributed by atoms with E-state index in [2.05, 4.69) is 54.3 Å². The van der Waals surface area contributed by atoms with Gasteiger partial charge in [-0.05, 0) is 53.0 Å². The number of pyridine rings is 1. The zero-order chi connectivity index (χ0) is 13.9. The summed E-state index contributed by atoms with van der Waals surface area (Å²) in [5.74, 6) is 0.958. The van der Waals surface area contributed by atoms with Crippen molar-refractivity contribution in [3.63, 3.8) is 0 Å². The molecule has 1 aromatic heterocycles. The van der Waals surface area contributed by atoms with E-state index in [4.69, 9.17) is 4.74 Å². The molecule has 3 rings (SSSR count). The van der Waals surface area contributed by atoms with Gasteiger partial charge < -0.3 is 10.1 Å². The fraction of sp³-hybridized carbons (Fsp3) is 0.267. The number of ether oxygens (including phenoxy) is 1. The second-order valence-electron chi connectivity index (χ2n) is 4.74. The van der Waals surface area contributed by atoms with Gasteiger partial charge in [0.1, 0.15) is 10.4 Å². The van der Waals surface area contributed by atoms with Crippen molar-refractivity contribution in [2.45, 2.75) is 18.9 Å². The Hall–Kier alpha value is -1.07. The molecule has 0 amide bonds. The molecule has 104 valence electrons. The molecule has 3 nitrogen and oxygen atoms in total. The quantitative estimate of drug-likeness (QED) is 0.729. The Bertz CT molecular complexity index is 601. The Morgan fingerprint density at radius 3 is 2.90 bits per heavy atom. The molecular weight excluding hydrogens is 384 g/mol. The van der Waals surface area contributed by atoms with Gasteiger partial charge in [-0.2, -0.15) is 0 Å². The van der Waals surface area contributed by atoms with Crippen molar-refractivity contribution in [2.24, 2.45) is 0 Å². The normalized spacial score (nSPS) is 17.8. The third-order valence-corrected chi connectivity index (χ3v) is 4.28. The van der Waals surface area contributed by atoms with Crippen LogP contribution < -0.4 is 10.1 Å². The van der Waals surface area contributed by atoms with Crippen LogP contribution in [0.5, 0.6) is 5.75 Å². The maximum absolute atomic E-state index is 5.82. The molecule has 0 radical (unpaired) electrons. The molecule has 0 saturated carbocycles. The van der Waals surface area contributed by atoms with Crippen molar-refractivity contribution in [3.05, 3.63) is 51.2 Å². The van der Waals surface area contributed by atoms with E-state index in [1.54, 1.807) is 0 Å². The predicted molar refractivity (Wildman–Crippen MR) is 87.2 cm³/mol. The van der Waals surface area contributed by atoms with Gasteiger partial charge in [-0.3, -0.25) is 0 Å². The van der Waals surface area contributed by atoms with Crippen LogP contribution in [0.15, 0.2) is 45.6 Å². The van der Waals surface area contributed by atoms with Gasteiger partial charge >= 0.3 is 0 Å². The van der Waals surface area contributed by atoms with Crippen LogP contribution in [0.1, 0.15) is 24.4 Å². The summed E-state index contributed by atoms with van der Waals surface area (Å²) in [7, 11) is 0. The Labute approximate surface area is 135 Å². The highest BCUT2D eigenvalue weighted by molar-refractivity contribution is 9.10. The van der Waals surface area contributed by atoms with E-state index in [0.717, 1.165) is 40.0 Å². The number of halogens is 2. The van der Waals surface area contributed by atoms with Gasteiger partial charge in [0.25, 0.3) is 0 Å². The largest absolute Gasteiger partial charge is 0.493 e. The van der Waals surface area contributed by atoms with Crippen LogP contribution in [0.4, 0.5) is 5.69 Å². The minimum atomic E-state index is 0.253. The van der Waals surface area contributed by atoms with E-state index < -0.39 is 0 Å². The summed E-state index contributed by atoms with van der Waals surface area (Å²) in [6.45, 7) is 0.764. The molecule has 0 saturated heterocycles. The Kier molecular flexibility index (Phi) is 4.27. The van der Waals surface area contributed by atoms with Gasteiger partial charge in [0.2, 0.25) is 0 Å². The molecule has 1 aliphatic heterocycles. The highest BCUT2D eigenvalue weighted by Crippen LogP contribution is 2.35. The average Bonchev–Trinajstić information content (AvgIpc) is 2.63. The maximum atomic E-state index is 5.82. The predicted octanol–water partition coefficient (Wildman–Crippen LogP) is 4.93. The summed E-state index contributed by atoms with van der Waals surface area (Å²) in [5.41, 5.74) is 2.22. The van der Waals surface area contributed by atoms with E-state index in [0.29, 0.717) is 0 Å². The number of nitrogens with zero attached hydrogens (tertiary/aromatic N) is 1. The topological polar surface area (TPSA) is 34.1 Å². The third kappa shape index (κ3) is 3.15. The molecule has 1 N–H and O–H groups in total. The Morgan fingerprint density at radius 1 is 1.20 bits per heavy atom. The molecule has 2 heterocycles. The number of hydrogen-bond acceptors (Lipinski definition) is 3. The van der Waals surface area contributed by atoms with E-state index in [1.807, 2.05) is 24.4 Å². The van der Waals surface area contributed by atoms with Crippen LogP contribution in [-0.2, 0) is 0 Å². The van der Waals surface area contributed by atoms with Crippen LogP contribution in [0.2, 0.25) is 0 Å². The fourth-order valence-electron chi connectivity index (χ4n) is 2.36. The number of benzene rings is 1. The lowest BCUT2D eigenvalue weighted by molar-refractivity contribution is 0.316. The lowest BCUT2D eigenvalue weighted by Gasteiger charge is -2.19. The molecule has 0 bridgehead atoms. The summed E-state index contributed by atoms with van der Waals surface area (Å²) < 4.78 is 7.71. The minimum absolute atomic E-state index is 0.253. The molecule has 1 atom stereocenters. The van der Waals surface area contributed by atoms with Crippen molar-refractivity contribution in [1.82, 2.24) is 4.98 Å². The lowest BCUT2D eigenvalue weighted by atomic mass is 10.0. The van der Waals surface area contributed by atoms with E-state index in [-0.39, 0.29) is 6.04 Å². The fourth-order valence-corrected chi connectivity index (χ4v) is 2.93. The molecule has 1 aromatic carbocycles. The van der Waals surface area contributed by atoms with Gasteiger partial charge in [0.05, 0.1) is 24.5 Å². The smallest absolute Gasteiger partial charge is 0.125 e. The van der Waals surface area contributed by atoms with Gasteiger partial charge in [0.15, 0.2) is 0 Å². The molecular formula is C15H14Br2N2O. The third-order valence-electron chi connectivity index (χ3n) is 3.31. The Balaban J connectivity index is 1.88. The van der Waals surface area contributed by atoms with Crippen LogP contribution in [0.3, 0.4) is 0 Å². The van der Waals surface area contributed by atoms with Crippen molar-refractivity contribution in [3.8, 4) is 5.75 Å². The highest BCUT2D eigenvalue weighted by Gasteiger charge is 2.19. The summed E-state index contributed by atoms with van der Waals surface area (Å²) in [5, 5.41) is 3.55. The molecule has 0 aliphatic carbocycles. The summed E-state index contributed by atoms with van der Waals surface area (Å²) >= 11 is 6.85. The van der Waals surface area contributed by atoms with Crippen LogP contribution in [-0.4, -0.2) is 11.6 Å². The first kappa shape index (κ1) is 13.9. The van der Waals surface area contributed by atoms with Crippen molar-refractivity contribution >= 4 is 37.5 Å². The number of aromatic nitrogens is 1. The molecule has 0 fully saturated rings. The first-order valence-electron chi connectivity index (χ1n) is 6.53. The average molecular weight is 398 g/mol. The monoisotopic (exact) mass is 396 g/mol. The SMILES string of the molecule is Brc1ccc2c(c1)OCCCC2Nc1ccc(Br)nc1. The molecule has 1 aliphatic rings. The standard InChI is InChI=1S/C15H14Br2N2O/c16-10-3-5-12-13(2-1-7-20-14(12)8-10)19-11-4-6-15(17)18-9-11/h3-6,8-9,13,19H,1-2,7H2. The zero-order valence-electron chi connectivity index (χ0n) is 10.8. The van der Waals surface area contributed by atoms with Crippen LogP contribution in [0, 0.1) is 0 Å². The summed E-state index contributed by atoms with van der Waals surface area (Å²) in [6.07, 6.45) is 3.92. The van der Waals surface area contributed by atoms with E-state index in [1.165, 1.54) is 5.56 Å². The summed E-state index contributed by atoms with van der Waals surface area (Å²) in [6, 6.07) is 10.4. The molecule has 5 heteroatoms. The van der Waals surface area contributed by atoms with Gasteiger partial charge in [-0.25, -0.2) is 4.98 Å². The minimum Gasteiger partial charge on any atom is -0.493 e. The van der Waals surface area contributed by atoms with Gasteiger partial charge in [-0.1, -0.05) is 22.0 Å². The first-order valence-corrected chi connectivity index (χ1v) is 8.11. The van der Waals surface area contributed by atoms with Crippen LogP contribution in [0.25, 0.3) is 0 Å². The molecule has 20 heavy (non-hydrogen) atoms. The second-order valence-corrected chi connectivity index (χ2v) is 6.47. The highest BCUT2D eigenvalue weighted by atomic mass is 79.9. The number of nitrogens with one attached hydrogen (secondary N) is 1. The van der Waals surface area contributed by atoms with Gasteiger partial charge in [0, 0.05) is 10.0 Å². The van der Waals surface area contributed by atoms with Gasteiger partial charge in [-0.15, -0.1) is 0 Å². The first-order chi connectivity index (χ1) is 9.72. The van der Waals surface area contributed by atoms with Crippen LogP contribution >= 0.6 is 31.9 Å². The molecule has 2 aromatic rings. The van der Waals surface area contributed by atoms with E-state index >= 15 is 0 Å². The Morgan fingerprint density at radius 2 is 2.10 bits per heavy atom. The van der Waals surface area contributed by atoms with Crippen molar-refractivity contribution in [2.75, 3.05) is 11.9 Å². The zero-order valence-corrected chi connectivity index (χ0v) is 13.9.